The molecule has 0 fully saturated rings. The van der Waals surface area contributed by atoms with Crippen LogP contribution >= 0.6 is 0 Å². The summed E-state index contributed by atoms with van der Waals surface area (Å²) < 4.78 is 32.8. The highest BCUT2D eigenvalue weighted by Gasteiger charge is 2.31. The van der Waals surface area contributed by atoms with Gasteiger partial charge in [0.1, 0.15) is 35.6 Å². The molecule has 0 unspecified atom stereocenters. The first-order valence-electron chi connectivity index (χ1n) is 12.7. The standard InChI is InChI=1S/C31H31FO6/c1-17-11-21(37-16-31(3,4)35)12-18(2)29(17)23-7-9-25(32)30-24(23)8-10-26(30)38-20-5-6-22-19(13-28(33)34)15-36-27(22)14-20/h5-7,9,11-12,14-15,26,35H,8,10,13,16H2,1-4H3,(H,33,34)/t26-/m1/s1. The molecule has 6 nitrogen and oxygen atoms in total. The lowest BCUT2D eigenvalue weighted by molar-refractivity contribution is -0.136. The smallest absolute Gasteiger partial charge is 0.307 e. The minimum absolute atomic E-state index is 0.122. The molecule has 0 radical (unpaired) electrons. The van der Waals surface area contributed by atoms with Crippen molar-refractivity contribution >= 4 is 16.9 Å². The molecule has 1 aromatic heterocycles. The van der Waals surface area contributed by atoms with Gasteiger partial charge in [-0.1, -0.05) is 6.07 Å². The minimum Gasteiger partial charge on any atom is -0.491 e. The van der Waals surface area contributed by atoms with Gasteiger partial charge in [-0.25, -0.2) is 4.39 Å². The van der Waals surface area contributed by atoms with Crippen molar-refractivity contribution in [2.75, 3.05) is 6.61 Å². The van der Waals surface area contributed by atoms with Crippen molar-refractivity contribution < 1.29 is 33.3 Å². The molecule has 1 aliphatic rings. The molecule has 0 spiro atoms. The zero-order valence-electron chi connectivity index (χ0n) is 21.9. The summed E-state index contributed by atoms with van der Waals surface area (Å²) >= 11 is 0. The Hall–Kier alpha value is -3.84. The summed E-state index contributed by atoms with van der Waals surface area (Å²) in [4.78, 5) is 11.1. The molecular weight excluding hydrogens is 487 g/mol. The van der Waals surface area contributed by atoms with Crippen LogP contribution in [0.1, 0.15) is 54.2 Å². The summed E-state index contributed by atoms with van der Waals surface area (Å²) in [5.41, 5.74) is 5.74. The molecule has 0 aliphatic heterocycles. The molecule has 5 rings (SSSR count). The Bertz CT molecular complexity index is 1500. The lowest BCUT2D eigenvalue weighted by Gasteiger charge is -2.21. The van der Waals surface area contributed by atoms with Crippen molar-refractivity contribution in [3.63, 3.8) is 0 Å². The molecule has 198 valence electrons. The van der Waals surface area contributed by atoms with Gasteiger partial charge in [0, 0.05) is 22.6 Å². The number of benzene rings is 3. The monoisotopic (exact) mass is 518 g/mol. The number of halogens is 1. The van der Waals surface area contributed by atoms with E-state index in [0.29, 0.717) is 41.1 Å². The second kappa shape index (κ2) is 9.80. The normalized spacial score (nSPS) is 15.1. The van der Waals surface area contributed by atoms with E-state index in [4.69, 9.17) is 19.0 Å². The molecular formula is C31H31FO6. The molecule has 0 saturated heterocycles. The molecule has 2 N–H and O–H groups in total. The number of carboxylic acids is 1. The SMILES string of the molecule is Cc1cc(OCC(C)(C)O)cc(C)c1-c1ccc(F)c2c1CC[C@H]2Oc1ccc2c(CC(=O)O)coc2c1. The third-order valence-electron chi connectivity index (χ3n) is 6.90. The Kier molecular flexibility index (Phi) is 6.65. The van der Waals surface area contributed by atoms with Gasteiger partial charge in [-0.15, -0.1) is 0 Å². The highest BCUT2D eigenvalue weighted by atomic mass is 19.1. The van der Waals surface area contributed by atoms with Gasteiger partial charge >= 0.3 is 5.97 Å². The number of aliphatic hydroxyl groups is 1. The van der Waals surface area contributed by atoms with Gasteiger partial charge in [0.15, 0.2) is 0 Å². The summed E-state index contributed by atoms with van der Waals surface area (Å²) in [6.45, 7) is 7.60. The minimum atomic E-state index is -0.935. The van der Waals surface area contributed by atoms with Gasteiger partial charge in [0.2, 0.25) is 0 Å². The Labute approximate surface area is 220 Å². The Morgan fingerprint density at radius 3 is 2.53 bits per heavy atom. The average Bonchev–Trinajstić information content (AvgIpc) is 3.43. The van der Waals surface area contributed by atoms with Crippen LogP contribution in [0.3, 0.4) is 0 Å². The van der Waals surface area contributed by atoms with Crippen molar-refractivity contribution in [2.45, 2.75) is 58.7 Å². The molecule has 3 aromatic carbocycles. The fraction of sp³-hybridized carbons (Fsp3) is 0.323. The predicted octanol–water partition coefficient (Wildman–Crippen LogP) is 6.70. The maximum absolute atomic E-state index is 15.2. The highest BCUT2D eigenvalue weighted by molar-refractivity contribution is 5.86. The molecule has 0 bridgehead atoms. The van der Waals surface area contributed by atoms with Crippen molar-refractivity contribution in [3.05, 3.63) is 82.4 Å². The average molecular weight is 519 g/mol. The van der Waals surface area contributed by atoms with Crippen molar-refractivity contribution in [3.8, 4) is 22.6 Å². The van der Waals surface area contributed by atoms with Crippen LogP contribution in [0.5, 0.6) is 11.5 Å². The van der Waals surface area contributed by atoms with Gasteiger partial charge in [-0.05, 0) is 98.7 Å². The number of aryl methyl sites for hydroxylation is 2. The van der Waals surface area contributed by atoms with E-state index in [-0.39, 0.29) is 18.8 Å². The van der Waals surface area contributed by atoms with E-state index in [1.165, 1.54) is 12.3 Å². The largest absolute Gasteiger partial charge is 0.491 e. The summed E-state index contributed by atoms with van der Waals surface area (Å²) in [6, 6.07) is 12.5. The maximum atomic E-state index is 15.2. The van der Waals surface area contributed by atoms with E-state index in [9.17, 15) is 9.90 Å². The zero-order valence-corrected chi connectivity index (χ0v) is 21.9. The summed E-state index contributed by atoms with van der Waals surface area (Å²) in [6.07, 6.45) is 2.18. The second-order valence-corrected chi connectivity index (χ2v) is 10.7. The summed E-state index contributed by atoms with van der Waals surface area (Å²) in [5, 5.41) is 19.8. The van der Waals surface area contributed by atoms with Crippen LogP contribution in [-0.4, -0.2) is 28.4 Å². The lowest BCUT2D eigenvalue weighted by Crippen LogP contribution is -2.27. The number of hydrogen-bond donors (Lipinski definition) is 2. The highest BCUT2D eigenvalue weighted by Crippen LogP contribution is 2.44. The van der Waals surface area contributed by atoms with E-state index in [1.807, 2.05) is 32.0 Å². The second-order valence-electron chi connectivity index (χ2n) is 10.7. The van der Waals surface area contributed by atoms with E-state index in [1.54, 1.807) is 32.0 Å². The molecule has 1 heterocycles. The van der Waals surface area contributed by atoms with Crippen molar-refractivity contribution in [2.24, 2.45) is 0 Å². The lowest BCUT2D eigenvalue weighted by atomic mass is 9.90. The molecule has 7 heteroatoms. The number of rotatable bonds is 8. The zero-order chi connectivity index (χ0) is 27.2. The molecule has 1 aliphatic carbocycles. The fourth-order valence-electron chi connectivity index (χ4n) is 5.32. The number of carbonyl (C=O) groups is 1. The van der Waals surface area contributed by atoms with Crippen LogP contribution in [0.25, 0.3) is 22.1 Å². The Morgan fingerprint density at radius 2 is 1.84 bits per heavy atom. The van der Waals surface area contributed by atoms with Gasteiger partial charge < -0.3 is 24.1 Å². The molecule has 4 aromatic rings. The number of carboxylic acid groups (broad SMARTS) is 1. The van der Waals surface area contributed by atoms with Crippen LogP contribution < -0.4 is 9.47 Å². The van der Waals surface area contributed by atoms with Crippen molar-refractivity contribution in [1.29, 1.82) is 0 Å². The number of ether oxygens (including phenoxy) is 2. The van der Waals surface area contributed by atoms with Gasteiger partial charge in [0.25, 0.3) is 0 Å². The van der Waals surface area contributed by atoms with E-state index < -0.39 is 17.7 Å². The van der Waals surface area contributed by atoms with Gasteiger partial charge in [0.05, 0.1) is 18.3 Å². The number of aliphatic carboxylic acids is 1. The fourth-order valence-corrected chi connectivity index (χ4v) is 5.32. The maximum Gasteiger partial charge on any atom is 0.307 e. The molecule has 38 heavy (non-hydrogen) atoms. The van der Waals surface area contributed by atoms with E-state index in [2.05, 4.69) is 0 Å². The van der Waals surface area contributed by atoms with Crippen LogP contribution in [0, 0.1) is 19.7 Å². The van der Waals surface area contributed by atoms with E-state index in [0.717, 1.165) is 33.2 Å². The first-order valence-corrected chi connectivity index (χ1v) is 12.7. The van der Waals surface area contributed by atoms with Crippen LogP contribution in [0.2, 0.25) is 0 Å². The van der Waals surface area contributed by atoms with Gasteiger partial charge in [-0.3, -0.25) is 4.79 Å². The third kappa shape index (κ3) is 5.11. The molecule has 1 atom stereocenters. The Morgan fingerprint density at radius 1 is 1.11 bits per heavy atom. The topological polar surface area (TPSA) is 89.1 Å². The van der Waals surface area contributed by atoms with Crippen molar-refractivity contribution in [1.82, 2.24) is 0 Å². The number of hydrogen-bond acceptors (Lipinski definition) is 5. The van der Waals surface area contributed by atoms with Crippen LogP contribution in [-0.2, 0) is 17.6 Å². The number of furan rings is 1. The van der Waals surface area contributed by atoms with Crippen LogP contribution in [0.15, 0.2) is 53.1 Å². The summed E-state index contributed by atoms with van der Waals surface area (Å²) in [5.74, 6) is 0.000781. The first-order chi connectivity index (χ1) is 18.0. The Balaban J connectivity index is 1.44. The third-order valence-corrected chi connectivity index (χ3v) is 6.90. The van der Waals surface area contributed by atoms with Crippen LogP contribution in [0.4, 0.5) is 4.39 Å². The molecule has 0 amide bonds. The van der Waals surface area contributed by atoms with Gasteiger partial charge in [-0.2, -0.15) is 0 Å². The number of fused-ring (bicyclic) bond motifs is 2. The van der Waals surface area contributed by atoms with E-state index >= 15 is 4.39 Å². The predicted molar refractivity (Wildman–Crippen MR) is 142 cm³/mol. The quantitative estimate of drug-likeness (QED) is 0.270. The summed E-state index contributed by atoms with van der Waals surface area (Å²) in [7, 11) is 0. The first kappa shape index (κ1) is 25.8. The molecule has 0 saturated carbocycles.